The third-order valence-corrected chi connectivity index (χ3v) is 10.4. The van der Waals surface area contributed by atoms with E-state index in [-0.39, 0.29) is 46.2 Å². The molecule has 3 aromatic carbocycles. The Labute approximate surface area is 285 Å². The summed E-state index contributed by atoms with van der Waals surface area (Å²) in [4.78, 5) is 16.7. The van der Waals surface area contributed by atoms with Crippen LogP contribution in [0.1, 0.15) is 19.8 Å². The van der Waals surface area contributed by atoms with Gasteiger partial charge in [0.05, 0.1) is 47.6 Å². The number of ether oxygens (including phenoxy) is 7. The van der Waals surface area contributed by atoms with Gasteiger partial charge in [-0.25, -0.2) is 8.42 Å². The number of benzene rings is 3. The molecule has 1 fully saturated rings. The standard InChI is InChI=1S/C35H42N2O11S/c1-8-9-30(36-14-16-37(17-15-36)49(39,40)25-12-10-23(41-2)11-13-25)48-35-32(38)31-26(43-4)20-24(42-3)21-27(31)47-33(35)22-18-28(44-5)34(46-7)29(19-22)45-6/h10-13,18-21,30H,8-9,14-17H2,1-7H3. The molecule has 0 radical (unpaired) electrons. The number of hydrogen-bond donors (Lipinski definition) is 0. The van der Waals surface area contributed by atoms with Gasteiger partial charge in [0.2, 0.25) is 27.0 Å². The zero-order valence-corrected chi connectivity index (χ0v) is 29.5. The zero-order chi connectivity index (χ0) is 35.3. The van der Waals surface area contributed by atoms with Gasteiger partial charge in [0.25, 0.3) is 0 Å². The summed E-state index contributed by atoms with van der Waals surface area (Å²) in [5.41, 5.74) is 0.212. The third kappa shape index (κ3) is 7.07. The van der Waals surface area contributed by atoms with E-state index < -0.39 is 21.7 Å². The van der Waals surface area contributed by atoms with E-state index >= 15 is 0 Å². The highest BCUT2D eigenvalue weighted by molar-refractivity contribution is 7.89. The highest BCUT2D eigenvalue weighted by Gasteiger charge is 2.33. The molecule has 0 amide bonds. The first-order valence-electron chi connectivity index (χ1n) is 15.7. The fraction of sp³-hybridized carbons (Fsp3) is 0.400. The van der Waals surface area contributed by atoms with Crippen molar-refractivity contribution in [3.8, 4) is 51.6 Å². The molecule has 2 heterocycles. The van der Waals surface area contributed by atoms with Crippen molar-refractivity contribution in [3.05, 3.63) is 58.8 Å². The van der Waals surface area contributed by atoms with E-state index in [9.17, 15) is 13.2 Å². The Morgan fingerprint density at radius 1 is 0.735 bits per heavy atom. The quantitative estimate of drug-likeness (QED) is 0.175. The van der Waals surface area contributed by atoms with Crippen molar-refractivity contribution in [3.63, 3.8) is 0 Å². The topological polar surface area (TPSA) is 135 Å². The molecule has 1 atom stereocenters. The summed E-state index contributed by atoms with van der Waals surface area (Å²) < 4.78 is 74.3. The largest absolute Gasteiger partial charge is 0.497 e. The lowest BCUT2D eigenvalue weighted by Gasteiger charge is -2.38. The van der Waals surface area contributed by atoms with Crippen molar-refractivity contribution in [2.75, 3.05) is 68.8 Å². The van der Waals surface area contributed by atoms with Crippen LogP contribution in [0.15, 0.2) is 62.6 Å². The number of piperazine rings is 1. The Balaban J connectivity index is 1.56. The van der Waals surface area contributed by atoms with Gasteiger partial charge in [-0.1, -0.05) is 13.3 Å². The molecule has 4 aromatic rings. The average molecular weight is 699 g/mol. The monoisotopic (exact) mass is 698 g/mol. The lowest BCUT2D eigenvalue weighted by molar-refractivity contribution is -0.00175. The minimum absolute atomic E-state index is 0.0445. The Kier molecular flexibility index (Phi) is 11.1. The maximum absolute atomic E-state index is 14.4. The number of sulfonamides is 1. The molecule has 264 valence electrons. The molecule has 1 aromatic heterocycles. The van der Waals surface area contributed by atoms with Crippen LogP contribution in [0.4, 0.5) is 0 Å². The normalized spacial score (nSPS) is 14.7. The first-order valence-corrected chi connectivity index (χ1v) is 17.2. The first kappa shape index (κ1) is 35.6. The second-order valence-electron chi connectivity index (χ2n) is 11.2. The Morgan fingerprint density at radius 2 is 1.35 bits per heavy atom. The summed E-state index contributed by atoms with van der Waals surface area (Å²) in [6.45, 7) is 3.23. The van der Waals surface area contributed by atoms with Crippen LogP contribution in [0, 0.1) is 0 Å². The molecule has 5 rings (SSSR count). The number of rotatable bonds is 14. The number of methoxy groups -OCH3 is 6. The molecule has 49 heavy (non-hydrogen) atoms. The lowest BCUT2D eigenvalue weighted by atomic mass is 10.1. The fourth-order valence-corrected chi connectivity index (χ4v) is 7.28. The molecular weight excluding hydrogens is 656 g/mol. The molecule has 1 saturated heterocycles. The van der Waals surface area contributed by atoms with Crippen LogP contribution in [-0.2, 0) is 10.0 Å². The van der Waals surface area contributed by atoms with E-state index in [1.54, 1.807) is 36.4 Å². The summed E-state index contributed by atoms with van der Waals surface area (Å²) in [5.74, 6) is 2.43. The van der Waals surface area contributed by atoms with E-state index in [1.807, 2.05) is 11.8 Å². The fourth-order valence-electron chi connectivity index (χ4n) is 5.86. The van der Waals surface area contributed by atoms with Gasteiger partial charge in [-0.2, -0.15) is 4.31 Å². The van der Waals surface area contributed by atoms with Gasteiger partial charge in [-0.3, -0.25) is 9.69 Å². The van der Waals surface area contributed by atoms with Crippen molar-refractivity contribution in [1.29, 1.82) is 0 Å². The van der Waals surface area contributed by atoms with Crippen molar-refractivity contribution in [2.24, 2.45) is 0 Å². The summed E-state index contributed by atoms with van der Waals surface area (Å²) in [5, 5.41) is 0.181. The minimum Gasteiger partial charge on any atom is -0.497 e. The minimum atomic E-state index is -3.73. The molecular formula is C35H42N2O11S. The summed E-state index contributed by atoms with van der Waals surface area (Å²) in [6, 6.07) is 12.9. The SMILES string of the molecule is CCCC(Oc1c(-c2cc(OC)c(OC)c(OC)c2)oc2cc(OC)cc(OC)c2c1=O)N1CCN(S(=O)(=O)c2ccc(OC)cc2)CC1. The van der Waals surface area contributed by atoms with Crippen molar-refractivity contribution in [2.45, 2.75) is 30.9 Å². The second-order valence-corrected chi connectivity index (χ2v) is 13.1. The highest BCUT2D eigenvalue weighted by atomic mass is 32.2. The van der Waals surface area contributed by atoms with Gasteiger partial charge in [0.15, 0.2) is 23.5 Å². The molecule has 0 saturated carbocycles. The van der Waals surface area contributed by atoms with E-state index in [2.05, 4.69) is 0 Å². The Bertz CT molecular complexity index is 1910. The molecule has 1 aliphatic rings. The van der Waals surface area contributed by atoms with E-state index in [0.29, 0.717) is 53.8 Å². The third-order valence-electron chi connectivity index (χ3n) is 8.44. The Hall–Kier alpha value is -4.66. The predicted molar refractivity (Wildman–Crippen MR) is 183 cm³/mol. The van der Waals surface area contributed by atoms with Gasteiger partial charge >= 0.3 is 0 Å². The van der Waals surface area contributed by atoms with Gasteiger partial charge in [0, 0.05) is 43.9 Å². The van der Waals surface area contributed by atoms with Crippen LogP contribution < -0.4 is 38.6 Å². The molecule has 13 nitrogen and oxygen atoms in total. The van der Waals surface area contributed by atoms with Gasteiger partial charge in [-0.05, 0) is 42.8 Å². The molecule has 0 spiro atoms. The van der Waals surface area contributed by atoms with Crippen LogP contribution in [0.3, 0.4) is 0 Å². The predicted octanol–water partition coefficient (Wildman–Crippen LogP) is 5.02. The van der Waals surface area contributed by atoms with Crippen LogP contribution in [0.2, 0.25) is 0 Å². The molecule has 0 N–H and O–H groups in total. The van der Waals surface area contributed by atoms with Crippen molar-refractivity contribution in [1.82, 2.24) is 9.21 Å². The van der Waals surface area contributed by atoms with E-state index in [0.717, 1.165) is 6.42 Å². The van der Waals surface area contributed by atoms with Gasteiger partial charge in [0.1, 0.15) is 28.2 Å². The van der Waals surface area contributed by atoms with Gasteiger partial charge < -0.3 is 37.6 Å². The zero-order valence-electron chi connectivity index (χ0n) is 28.7. The second kappa shape index (κ2) is 15.3. The maximum Gasteiger partial charge on any atom is 0.243 e. The Morgan fingerprint density at radius 3 is 1.88 bits per heavy atom. The lowest BCUT2D eigenvalue weighted by Crippen LogP contribution is -2.53. The van der Waals surface area contributed by atoms with Crippen LogP contribution >= 0.6 is 0 Å². The molecule has 0 bridgehead atoms. The summed E-state index contributed by atoms with van der Waals surface area (Å²) in [7, 11) is 5.26. The highest BCUT2D eigenvalue weighted by Crippen LogP contribution is 2.44. The number of nitrogens with zero attached hydrogens (tertiary/aromatic N) is 2. The van der Waals surface area contributed by atoms with Crippen molar-refractivity contribution < 1.29 is 46.0 Å². The number of hydrogen-bond acceptors (Lipinski definition) is 12. The van der Waals surface area contributed by atoms with E-state index in [1.165, 1.54) is 59.1 Å². The molecule has 1 unspecified atom stereocenters. The molecule has 0 aliphatic carbocycles. The first-order chi connectivity index (χ1) is 23.6. The van der Waals surface area contributed by atoms with Crippen LogP contribution in [0.25, 0.3) is 22.3 Å². The smallest absolute Gasteiger partial charge is 0.243 e. The number of fused-ring (bicyclic) bond motifs is 1. The summed E-state index contributed by atoms with van der Waals surface area (Å²) in [6.07, 6.45) is 0.701. The van der Waals surface area contributed by atoms with Crippen LogP contribution in [-0.4, -0.2) is 92.7 Å². The molecule has 1 aliphatic heterocycles. The molecule has 14 heteroatoms. The average Bonchev–Trinajstić information content (AvgIpc) is 3.14. The van der Waals surface area contributed by atoms with E-state index in [4.69, 9.17) is 37.6 Å². The van der Waals surface area contributed by atoms with Crippen molar-refractivity contribution >= 4 is 21.0 Å². The summed E-state index contributed by atoms with van der Waals surface area (Å²) >= 11 is 0. The van der Waals surface area contributed by atoms with Crippen LogP contribution in [0.5, 0.6) is 40.2 Å². The maximum atomic E-state index is 14.4. The van der Waals surface area contributed by atoms with Gasteiger partial charge in [-0.15, -0.1) is 0 Å².